The Morgan fingerprint density at radius 1 is 1.19 bits per heavy atom. The van der Waals surface area contributed by atoms with Gasteiger partial charge in [0.25, 0.3) is 0 Å². The van der Waals surface area contributed by atoms with Crippen LogP contribution in [0.4, 0.5) is 4.39 Å². The van der Waals surface area contributed by atoms with Gasteiger partial charge in [-0.25, -0.2) is 12.8 Å². The number of carbonyl (C=O) groups is 1. The lowest BCUT2D eigenvalue weighted by Crippen LogP contribution is -2.46. The van der Waals surface area contributed by atoms with Gasteiger partial charge < -0.3 is 5.32 Å². The first kappa shape index (κ1) is 19.5. The zero-order chi connectivity index (χ0) is 19.4. The van der Waals surface area contributed by atoms with Gasteiger partial charge >= 0.3 is 0 Å². The molecule has 2 aromatic rings. The first-order chi connectivity index (χ1) is 12.9. The number of halogens is 1. The molecule has 144 valence electrons. The van der Waals surface area contributed by atoms with Crippen LogP contribution in [0.5, 0.6) is 0 Å². The number of benzene rings is 2. The predicted octanol–water partition coefficient (Wildman–Crippen LogP) is 2.65. The minimum Gasteiger partial charge on any atom is -0.354 e. The summed E-state index contributed by atoms with van der Waals surface area (Å²) in [7, 11) is -4.05. The molecule has 27 heavy (non-hydrogen) atoms. The van der Waals surface area contributed by atoms with Crippen LogP contribution in [-0.2, 0) is 21.2 Å². The number of hydrogen-bond acceptors (Lipinski definition) is 3. The van der Waals surface area contributed by atoms with Crippen LogP contribution in [-0.4, -0.2) is 37.8 Å². The van der Waals surface area contributed by atoms with Crippen LogP contribution < -0.4 is 5.32 Å². The number of hydrogen-bond donors (Lipinski definition) is 1. The Labute approximate surface area is 159 Å². The highest BCUT2D eigenvalue weighted by molar-refractivity contribution is 7.89. The third kappa shape index (κ3) is 4.20. The molecule has 5 nitrogen and oxygen atoms in total. The summed E-state index contributed by atoms with van der Waals surface area (Å²) in [5.74, 6) is -1.14. The van der Waals surface area contributed by atoms with Crippen molar-refractivity contribution >= 4 is 15.9 Å². The number of amides is 1. The molecule has 1 amide bonds. The Morgan fingerprint density at radius 2 is 1.89 bits per heavy atom. The summed E-state index contributed by atoms with van der Waals surface area (Å²) in [5.41, 5.74) is 2.29. The van der Waals surface area contributed by atoms with Gasteiger partial charge in [-0.3, -0.25) is 4.79 Å². The van der Waals surface area contributed by atoms with E-state index in [9.17, 15) is 17.6 Å². The van der Waals surface area contributed by atoms with Crippen LogP contribution >= 0.6 is 0 Å². The van der Waals surface area contributed by atoms with Crippen LogP contribution in [0.25, 0.3) is 0 Å². The van der Waals surface area contributed by atoms with Crippen molar-refractivity contribution in [3.05, 3.63) is 65.5 Å². The van der Waals surface area contributed by atoms with Crippen molar-refractivity contribution in [1.82, 2.24) is 9.62 Å². The van der Waals surface area contributed by atoms with Crippen molar-refractivity contribution in [2.24, 2.45) is 0 Å². The van der Waals surface area contributed by atoms with Gasteiger partial charge in [0.2, 0.25) is 15.9 Å². The molecule has 1 fully saturated rings. The van der Waals surface area contributed by atoms with E-state index in [4.69, 9.17) is 0 Å². The summed E-state index contributed by atoms with van der Waals surface area (Å²) < 4.78 is 40.7. The minimum absolute atomic E-state index is 0.215. The van der Waals surface area contributed by atoms with E-state index in [-0.39, 0.29) is 17.3 Å². The number of aryl methyl sites for hydroxylation is 1. The maximum absolute atomic E-state index is 14.0. The van der Waals surface area contributed by atoms with E-state index in [1.165, 1.54) is 18.2 Å². The average Bonchev–Trinajstić information content (AvgIpc) is 3.14. The summed E-state index contributed by atoms with van der Waals surface area (Å²) in [6.45, 7) is 2.65. The highest BCUT2D eigenvalue weighted by atomic mass is 32.2. The number of sulfonamides is 1. The molecular formula is C20H23FN2O3S. The lowest BCUT2D eigenvalue weighted by atomic mass is 10.1. The maximum Gasteiger partial charge on any atom is 0.246 e. The van der Waals surface area contributed by atoms with Gasteiger partial charge in [0.15, 0.2) is 0 Å². The molecule has 1 heterocycles. The highest BCUT2D eigenvalue weighted by Gasteiger charge is 2.40. The summed E-state index contributed by atoms with van der Waals surface area (Å²) >= 11 is 0. The van der Waals surface area contributed by atoms with Crippen molar-refractivity contribution in [2.75, 3.05) is 13.1 Å². The van der Waals surface area contributed by atoms with Crippen molar-refractivity contribution in [3.8, 4) is 0 Å². The van der Waals surface area contributed by atoms with E-state index in [1.807, 2.05) is 31.2 Å². The normalized spacial score (nSPS) is 17.8. The average molecular weight is 390 g/mol. The second kappa shape index (κ2) is 8.19. The Hall–Kier alpha value is -2.25. The first-order valence-corrected chi connectivity index (χ1v) is 10.4. The van der Waals surface area contributed by atoms with Crippen molar-refractivity contribution in [3.63, 3.8) is 0 Å². The third-order valence-electron chi connectivity index (χ3n) is 4.88. The molecule has 1 aliphatic rings. The third-order valence-corrected chi connectivity index (χ3v) is 6.83. The van der Waals surface area contributed by atoms with Crippen LogP contribution in [0, 0.1) is 12.7 Å². The molecule has 0 saturated carbocycles. The summed E-state index contributed by atoms with van der Waals surface area (Å²) in [4.78, 5) is 12.2. The fraction of sp³-hybridized carbons (Fsp3) is 0.350. The molecule has 1 aliphatic heterocycles. The van der Waals surface area contributed by atoms with Gasteiger partial charge in [0.1, 0.15) is 16.8 Å². The van der Waals surface area contributed by atoms with Crippen molar-refractivity contribution in [1.29, 1.82) is 0 Å². The lowest BCUT2D eigenvalue weighted by molar-refractivity contribution is -0.124. The second-order valence-electron chi connectivity index (χ2n) is 6.67. The van der Waals surface area contributed by atoms with E-state index < -0.39 is 21.9 Å². The Kier molecular flexibility index (Phi) is 5.92. The van der Waals surface area contributed by atoms with Gasteiger partial charge in [-0.2, -0.15) is 4.31 Å². The molecule has 1 N–H and O–H groups in total. The highest BCUT2D eigenvalue weighted by Crippen LogP contribution is 2.27. The molecule has 7 heteroatoms. The number of carbonyl (C=O) groups excluding carboxylic acids is 1. The molecule has 0 radical (unpaired) electrons. The zero-order valence-corrected chi connectivity index (χ0v) is 16.0. The van der Waals surface area contributed by atoms with Crippen molar-refractivity contribution in [2.45, 2.75) is 37.1 Å². The van der Waals surface area contributed by atoms with Gasteiger partial charge in [0.05, 0.1) is 0 Å². The lowest BCUT2D eigenvalue weighted by Gasteiger charge is -2.23. The molecule has 1 saturated heterocycles. The van der Waals surface area contributed by atoms with Gasteiger partial charge in [0, 0.05) is 13.1 Å². The Balaban J connectivity index is 1.68. The van der Waals surface area contributed by atoms with Crippen LogP contribution in [0.2, 0.25) is 0 Å². The molecule has 0 aromatic heterocycles. The van der Waals surface area contributed by atoms with E-state index in [0.29, 0.717) is 25.8 Å². The standard InChI is InChI=1S/C20H23FN2O3S/c1-15-7-2-3-8-16(15)12-13-22-20(24)18-10-6-14-23(18)27(25,26)19-11-5-4-9-17(19)21/h2-5,7-9,11,18H,6,10,12-14H2,1H3,(H,22,24). The quantitative estimate of drug-likeness (QED) is 0.825. The number of nitrogens with zero attached hydrogens (tertiary/aromatic N) is 1. The summed E-state index contributed by atoms with van der Waals surface area (Å²) in [6.07, 6.45) is 1.68. The fourth-order valence-electron chi connectivity index (χ4n) is 3.40. The molecule has 3 rings (SSSR count). The Morgan fingerprint density at radius 3 is 2.63 bits per heavy atom. The largest absolute Gasteiger partial charge is 0.354 e. The maximum atomic E-state index is 14.0. The van der Waals surface area contributed by atoms with Gasteiger partial charge in [-0.15, -0.1) is 0 Å². The van der Waals surface area contributed by atoms with E-state index in [1.54, 1.807) is 0 Å². The minimum atomic E-state index is -4.05. The molecular weight excluding hydrogens is 367 g/mol. The van der Waals surface area contributed by atoms with Crippen LogP contribution in [0.3, 0.4) is 0 Å². The number of nitrogens with one attached hydrogen (secondary N) is 1. The van der Waals surface area contributed by atoms with E-state index in [0.717, 1.165) is 21.5 Å². The molecule has 0 bridgehead atoms. The monoisotopic (exact) mass is 390 g/mol. The van der Waals surface area contributed by atoms with E-state index in [2.05, 4.69) is 5.32 Å². The second-order valence-corrected chi connectivity index (χ2v) is 8.53. The van der Waals surface area contributed by atoms with E-state index >= 15 is 0 Å². The van der Waals surface area contributed by atoms with Crippen LogP contribution in [0.15, 0.2) is 53.4 Å². The number of rotatable bonds is 6. The van der Waals surface area contributed by atoms with Crippen molar-refractivity contribution < 1.29 is 17.6 Å². The predicted molar refractivity (Wildman–Crippen MR) is 101 cm³/mol. The van der Waals surface area contributed by atoms with Crippen LogP contribution in [0.1, 0.15) is 24.0 Å². The molecule has 0 spiro atoms. The molecule has 1 unspecified atom stereocenters. The fourth-order valence-corrected chi connectivity index (χ4v) is 5.12. The zero-order valence-electron chi connectivity index (χ0n) is 15.2. The van der Waals surface area contributed by atoms with Gasteiger partial charge in [-0.05, 0) is 49.4 Å². The first-order valence-electron chi connectivity index (χ1n) is 9.00. The van der Waals surface area contributed by atoms with Gasteiger partial charge in [-0.1, -0.05) is 36.4 Å². The molecule has 2 aromatic carbocycles. The molecule has 0 aliphatic carbocycles. The SMILES string of the molecule is Cc1ccccc1CCNC(=O)C1CCCN1S(=O)(=O)c1ccccc1F. The summed E-state index contributed by atoms with van der Waals surface area (Å²) in [5, 5.41) is 2.83. The smallest absolute Gasteiger partial charge is 0.246 e. The topological polar surface area (TPSA) is 66.5 Å². The summed E-state index contributed by atoms with van der Waals surface area (Å²) in [6, 6.07) is 12.4. The molecule has 1 atom stereocenters. The Bertz CT molecular complexity index is 930.